The third-order valence-corrected chi connectivity index (χ3v) is 0.946. The van der Waals surface area contributed by atoms with Crippen molar-refractivity contribution in [2.75, 3.05) is 6.61 Å². The van der Waals surface area contributed by atoms with Gasteiger partial charge in [0.15, 0.2) is 0 Å². The Balaban J connectivity index is 3.21. The van der Waals surface area contributed by atoms with Crippen LogP contribution < -0.4 is 0 Å². The Morgan fingerprint density at radius 1 is 1.55 bits per heavy atom. The summed E-state index contributed by atoms with van der Waals surface area (Å²) in [6, 6.07) is 0. The fourth-order valence-electron chi connectivity index (χ4n) is 0.455. The van der Waals surface area contributed by atoms with Gasteiger partial charge in [0, 0.05) is 12.5 Å². The van der Waals surface area contributed by atoms with E-state index in [1.54, 1.807) is 0 Å². The number of carbonyl (C=O) groups is 2. The Morgan fingerprint density at radius 3 is 2.64 bits per heavy atom. The number of esters is 1. The number of rotatable bonds is 5. The lowest BCUT2D eigenvalue weighted by Gasteiger charge is -1.98. The summed E-state index contributed by atoms with van der Waals surface area (Å²) in [4.78, 5) is 20.3. The van der Waals surface area contributed by atoms with E-state index in [0.29, 0.717) is 6.42 Å². The van der Waals surface area contributed by atoms with Gasteiger partial charge >= 0.3 is 11.9 Å². The van der Waals surface area contributed by atoms with Crippen LogP contribution in [-0.4, -0.2) is 23.7 Å². The largest absolute Gasteiger partial charge is 0.481 e. The predicted octanol–water partition coefficient (Wildman–Crippen LogP) is 0.580. The number of ether oxygens (including phenoxy) is 1. The van der Waals surface area contributed by atoms with E-state index >= 15 is 0 Å². The lowest BCUT2D eigenvalue weighted by Crippen LogP contribution is -2.04. The van der Waals surface area contributed by atoms with Crippen molar-refractivity contribution >= 4 is 11.9 Å². The summed E-state index contributed by atoms with van der Waals surface area (Å²) in [5.74, 6) is -1.41. The number of carboxylic acids is 1. The highest BCUT2D eigenvalue weighted by molar-refractivity contribution is 5.81. The minimum absolute atomic E-state index is 0.0183. The minimum Gasteiger partial charge on any atom is -0.481 e. The smallest absolute Gasteiger partial charge is 0.330 e. The van der Waals surface area contributed by atoms with Crippen LogP contribution in [0.3, 0.4) is 0 Å². The molecule has 0 radical (unpaired) electrons. The molecule has 4 heteroatoms. The molecule has 0 aromatic carbocycles. The van der Waals surface area contributed by atoms with Gasteiger partial charge in [-0.15, -0.1) is 0 Å². The van der Waals surface area contributed by atoms with Gasteiger partial charge in [-0.2, -0.15) is 0 Å². The van der Waals surface area contributed by atoms with Gasteiger partial charge in [0.25, 0.3) is 0 Å². The lowest BCUT2D eigenvalue weighted by atomic mass is 10.3. The molecule has 0 rings (SSSR count). The van der Waals surface area contributed by atoms with Crippen molar-refractivity contribution in [3.63, 3.8) is 0 Å². The van der Waals surface area contributed by atoms with Crippen LogP contribution in [0.2, 0.25) is 0 Å². The Bertz CT molecular complexity index is 162. The molecule has 0 unspecified atom stereocenters. The van der Waals surface area contributed by atoms with Gasteiger partial charge < -0.3 is 9.84 Å². The van der Waals surface area contributed by atoms with Gasteiger partial charge in [-0.1, -0.05) is 6.58 Å². The fourth-order valence-corrected chi connectivity index (χ4v) is 0.455. The fraction of sp³-hybridized carbons (Fsp3) is 0.429. The van der Waals surface area contributed by atoms with E-state index in [1.165, 1.54) is 0 Å². The molecule has 0 aliphatic carbocycles. The summed E-state index contributed by atoms with van der Waals surface area (Å²) in [5.41, 5.74) is 0. The summed E-state index contributed by atoms with van der Waals surface area (Å²) >= 11 is 0. The third kappa shape index (κ3) is 6.57. The zero-order valence-corrected chi connectivity index (χ0v) is 6.08. The van der Waals surface area contributed by atoms with Crippen LogP contribution in [0.4, 0.5) is 0 Å². The second-order valence-electron chi connectivity index (χ2n) is 1.87. The van der Waals surface area contributed by atoms with E-state index < -0.39 is 11.9 Å². The first-order valence-corrected chi connectivity index (χ1v) is 3.18. The average molecular weight is 158 g/mol. The summed E-state index contributed by atoms with van der Waals surface area (Å²) in [6.07, 6.45) is 1.40. The molecule has 0 fully saturated rings. The second-order valence-corrected chi connectivity index (χ2v) is 1.87. The number of hydrogen-bond donors (Lipinski definition) is 1. The van der Waals surface area contributed by atoms with E-state index in [1.807, 2.05) is 0 Å². The van der Waals surface area contributed by atoms with Gasteiger partial charge in [0.1, 0.15) is 0 Å². The van der Waals surface area contributed by atoms with Crippen LogP contribution in [0.15, 0.2) is 12.7 Å². The number of carbonyl (C=O) groups excluding carboxylic acids is 1. The maximum atomic E-state index is 10.4. The van der Waals surface area contributed by atoms with E-state index in [9.17, 15) is 9.59 Å². The molecule has 0 aliphatic rings. The summed E-state index contributed by atoms with van der Waals surface area (Å²) in [5, 5.41) is 8.18. The molecule has 4 nitrogen and oxygen atoms in total. The quantitative estimate of drug-likeness (QED) is 0.361. The van der Waals surface area contributed by atoms with Gasteiger partial charge in [-0.05, 0) is 6.42 Å². The summed E-state index contributed by atoms with van der Waals surface area (Å²) in [6.45, 7) is 3.32. The minimum atomic E-state index is -0.889. The molecule has 0 heterocycles. The van der Waals surface area contributed by atoms with E-state index in [2.05, 4.69) is 11.3 Å². The first kappa shape index (κ1) is 9.68. The molecule has 0 saturated carbocycles. The second kappa shape index (κ2) is 5.46. The van der Waals surface area contributed by atoms with Crippen LogP contribution in [0, 0.1) is 0 Å². The Kier molecular flexibility index (Phi) is 4.81. The number of carboxylic acid groups (broad SMARTS) is 1. The Labute approximate surface area is 64.5 Å². The van der Waals surface area contributed by atoms with E-state index in [0.717, 1.165) is 6.08 Å². The molecule has 0 atom stereocenters. The zero-order chi connectivity index (χ0) is 8.69. The van der Waals surface area contributed by atoms with Crippen LogP contribution in [0.5, 0.6) is 0 Å². The Morgan fingerprint density at radius 2 is 2.18 bits per heavy atom. The van der Waals surface area contributed by atoms with Crippen LogP contribution in [0.25, 0.3) is 0 Å². The average Bonchev–Trinajstić information content (AvgIpc) is 1.97. The van der Waals surface area contributed by atoms with Gasteiger partial charge in [-0.3, -0.25) is 4.79 Å². The standard InChI is InChI=1S/C7H10O4/c1-2-7(10)11-5-3-4-6(8)9/h2H,1,3-5H2,(H,8,9). The van der Waals surface area contributed by atoms with Crippen molar-refractivity contribution in [2.45, 2.75) is 12.8 Å². The molecule has 0 aliphatic heterocycles. The van der Waals surface area contributed by atoms with Crippen molar-refractivity contribution in [2.24, 2.45) is 0 Å². The third-order valence-electron chi connectivity index (χ3n) is 0.946. The van der Waals surface area contributed by atoms with Crippen molar-refractivity contribution in [1.29, 1.82) is 0 Å². The highest BCUT2D eigenvalue weighted by atomic mass is 16.5. The highest BCUT2D eigenvalue weighted by Gasteiger charge is 1.98. The Hall–Kier alpha value is -1.32. The predicted molar refractivity (Wildman–Crippen MR) is 38.0 cm³/mol. The first-order valence-electron chi connectivity index (χ1n) is 3.18. The van der Waals surface area contributed by atoms with Crippen LogP contribution in [0.1, 0.15) is 12.8 Å². The maximum Gasteiger partial charge on any atom is 0.330 e. The molecular formula is C7H10O4. The monoisotopic (exact) mass is 158 g/mol. The first-order chi connectivity index (χ1) is 5.16. The molecule has 1 N–H and O–H groups in total. The normalized spacial score (nSPS) is 8.73. The van der Waals surface area contributed by atoms with E-state index in [-0.39, 0.29) is 13.0 Å². The van der Waals surface area contributed by atoms with Crippen molar-refractivity contribution < 1.29 is 19.4 Å². The lowest BCUT2D eigenvalue weighted by molar-refractivity contribution is -0.141. The SMILES string of the molecule is C=CC(=O)OCCCC(=O)O. The molecule has 62 valence electrons. The zero-order valence-electron chi connectivity index (χ0n) is 6.08. The van der Waals surface area contributed by atoms with Crippen molar-refractivity contribution in [3.05, 3.63) is 12.7 Å². The number of aliphatic carboxylic acids is 1. The topological polar surface area (TPSA) is 63.6 Å². The van der Waals surface area contributed by atoms with Crippen LogP contribution >= 0.6 is 0 Å². The molecule has 0 amide bonds. The van der Waals surface area contributed by atoms with Gasteiger partial charge in [0.05, 0.1) is 6.61 Å². The van der Waals surface area contributed by atoms with Crippen LogP contribution in [-0.2, 0) is 14.3 Å². The summed E-state index contributed by atoms with van der Waals surface area (Å²) in [7, 11) is 0. The van der Waals surface area contributed by atoms with Gasteiger partial charge in [0.2, 0.25) is 0 Å². The molecule has 0 saturated heterocycles. The van der Waals surface area contributed by atoms with E-state index in [4.69, 9.17) is 5.11 Å². The van der Waals surface area contributed by atoms with Crippen molar-refractivity contribution in [1.82, 2.24) is 0 Å². The molecule has 0 aromatic rings. The molecular weight excluding hydrogens is 148 g/mol. The molecule has 0 spiro atoms. The molecule has 0 aromatic heterocycles. The molecule has 11 heavy (non-hydrogen) atoms. The maximum absolute atomic E-state index is 10.4. The number of hydrogen-bond acceptors (Lipinski definition) is 3. The highest BCUT2D eigenvalue weighted by Crippen LogP contribution is 1.90. The summed E-state index contributed by atoms with van der Waals surface area (Å²) < 4.78 is 4.52. The van der Waals surface area contributed by atoms with Crippen molar-refractivity contribution in [3.8, 4) is 0 Å². The molecule has 0 bridgehead atoms. The van der Waals surface area contributed by atoms with Gasteiger partial charge in [-0.25, -0.2) is 4.79 Å².